The third kappa shape index (κ3) is 3.68. The number of thiazole rings is 1. The highest BCUT2D eigenvalue weighted by atomic mass is 32.1. The molecule has 0 aliphatic heterocycles. The second-order valence-electron chi connectivity index (χ2n) is 6.57. The normalized spacial score (nSPS) is 12.0. The summed E-state index contributed by atoms with van der Waals surface area (Å²) in [6.45, 7) is 2.36. The van der Waals surface area contributed by atoms with Gasteiger partial charge < -0.3 is 10.4 Å². The lowest BCUT2D eigenvalue weighted by atomic mass is 10.1. The van der Waals surface area contributed by atoms with Gasteiger partial charge in [0.2, 0.25) is 0 Å². The molecule has 0 aliphatic carbocycles. The van der Waals surface area contributed by atoms with E-state index < -0.39 is 6.10 Å². The van der Waals surface area contributed by atoms with Crippen LogP contribution in [0.25, 0.3) is 10.5 Å². The van der Waals surface area contributed by atoms with Crippen LogP contribution < -0.4 is 5.32 Å². The number of imidazole rings is 1. The molecule has 3 heterocycles. The summed E-state index contributed by atoms with van der Waals surface area (Å²) in [6, 6.07) is 8.84. The number of carbonyl (C=O) groups excluding carboxylic acids is 1. The molecule has 3 aromatic heterocycles. The molecular weight excluding hydrogens is 402 g/mol. The van der Waals surface area contributed by atoms with Crippen molar-refractivity contribution >= 4 is 22.1 Å². The van der Waals surface area contributed by atoms with E-state index in [1.165, 1.54) is 0 Å². The monoisotopic (exact) mass is 421 g/mol. The van der Waals surface area contributed by atoms with Crippen LogP contribution in [0.1, 0.15) is 46.1 Å². The molecule has 2 N–H and O–H groups in total. The molecule has 9 nitrogen and oxygen atoms in total. The average molecular weight is 421 g/mol. The second-order valence-corrected chi connectivity index (χ2v) is 7.68. The number of benzene rings is 1. The third-order valence-electron chi connectivity index (χ3n) is 4.67. The summed E-state index contributed by atoms with van der Waals surface area (Å²) >= 11 is 1.60. The molecule has 0 radical (unpaired) electrons. The van der Waals surface area contributed by atoms with Crippen molar-refractivity contribution in [1.82, 2.24) is 29.7 Å². The summed E-state index contributed by atoms with van der Waals surface area (Å²) in [5, 5.41) is 30.5. The molecular formula is C20H19N7O2S. The van der Waals surface area contributed by atoms with E-state index in [1.807, 2.05) is 17.4 Å². The molecule has 0 spiro atoms. The van der Waals surface area contributed by atoms with Gasteiger partial charge in [0.15, 0.2) is 0 Å². The first-order valence-corrected chi connectivity index (χ1v) is 10.2. The number of hydrogen-bond acceptors (Lipinski definition) is 7. The zero-order chi connectivity index (χ0) is 21.1. The molecule has 1 aromatic carbocycles. The number of nitriles is 1. The Kier molecular flexibility index (Phi) is 5.56. The van der Waals surface area contributed by atoms with Gasteiger partial charge in [0.05, 0.1) is 36.3 Å². The molecule has 1 unspecified atom stereocenters. The number of aliphatic hydroxyl groups is 1. The number of aryl methyl sites for hydroxylation is 1. The quantitative estimate of drug-likeness (QED) is 0.442. The molecule has 1 amide bonds. The van der Waals surface area contributed by atoms with Gasteiger partial charge in [-0.05, 0) is 30.7 Å². The van der Waals surface area contributed by atoms with Crippen molar-refractivity contribution in [2.45, 2.75) is 25.9 Å². The minimum atomic E-state index is -0.929. The molecule has 0 aliphatic rings. The summed E-state index contributed by atoms with van der Waals surface area (Å²) in [5.74, 6) is -0.236. The molecule has 30 heavy (non-hydrogen) atoms. The van der Waals surface area contributed by atoms with E-state index in [2.05, 4.69) is 20.6 Å². The van der Waals surface area contributed by atoms with E-state index in [0.717, 1.165) is 21.8 Å². The summed E-state index contributed by atoms with van der Waals surface area (Å²) in [5.41, 5.74) is 2.39. The Morgan fingerprint density at radius 1 is 1.37 bits per heavy atom. The van der Waals surface area contributed by atoms with E-state index in [1.54, 1.807) is 59.0 Å². The lowest BCUT2D eigenvalue weighted by molar-refractivity contribution is 0.0954. The van der Waals surface area contributed by atoms with Crippen molar-refractivity contribution in [2.75, 3.05) is 6.54 Å². The summed E-state index contributed by atoms with van der Waals surface area (Å²) in [7, 11) is 0. The van der Waals surface area contributed by atoms with Crippen LogP contribution in [0.15, 0.2) is 43.0 Å². The maximum atomic E-state index is 12.0. The van der Waals surface area contributed by atoms with Gasteiger partial charge in [-0.1, -0.05) is 12.1 Å². The number of hydrogen-bond donors (Lipinski definition) is 2. The van der Waals surface area contributed by atoms with Gasteiger partial charge in [-0.3, -0.25) is 9.20 Å². The Hall–Kier alpha value is -3.55. The van der Waals surface area contributed by atoms with Crippen molar-refractivity contribution in [1.29, 1.82) is 5.26 Å². The zero-order valence-electron chi connectivity index (χ0n) is 16.2. The van der Waals surface area contributed by atoms with Crippen molar-refractivity contribution in [3.8, 4) is 11.8 Å². The maximum Gasteiger partial charge on any atom is 0.251 e. The number of nitrogens with one attached hydrogen (secondary N) is 1. The van der Waals surface area contributed by atoms with Crippen LogP contribution in [-0.2, 0) is 6.42 Å². The van der Waals surface area contributed by atoms with Gasteiger partial charge in [0, 0.05) is 17.0 Å². The summed E-state index contributed by atoms with van der Waals surface area (Å²) in [6.07, 6.45) is 5.27. The first kappa shape index (κ1) is 19.8. The van der Waals surface area contributed by atoms with E-state index in [-0.39, 0.29) is 12.3 Å². The number of amides is 1. The Labute approximate surface area is 176 Å². The van der Waals surface area contributed by atoms with E-state index in [9.17, 15) is 9.90 Å². The maximum absolute atomic E-state index is 12.0. The molecule has 0 saturated heterocycles. The Morgan fingerprint density at radius 2 is 2.17 bits per heavy atom. The predicted octanol–water partition coefficient (Wildman–Crippen LogP) is 2.26. The van der Waals surface area contributed by atoms with Gasteiger partial charge in [-0.25, -0.2) is 9.67 Å². The van der Waals surface area contributed by atoms with Crippen LogP contribution in [0.5, 0.6) is 0 Å². The Balaban J connectivity index is 1.54. The van der Waals surface area contributed by atoms with E-state index in [0.29, 0.717) is 23.5 Å². The first-order valence-electron chi connectivity index (χ1n) is 9.42. The number of aliphatic hydroxyl groups excluding tert-OH is 1. The van der Waals surface area contributed by atoms with Gasteiger partial charge in [-0.15, -0.1) is 16.4 Å². The number of rotatable bonds is 7. The molecule has 10 heteroatoms. The fourth-order valence-corrected chi connectivity index (χ4v) is 4.23. The van der Waals surface area contributed by atoms with Crippen molar-refractivity contribution < 1.29 is 9.90 Å². The highest BCUT2D eigenvalue weighted by Gasteiger charge is 2.23. The minimum Gasteiger partial charge on any atom is -0.380 e. The second kappa shape index (κ2) is 8.44. The molecule has 0 bridgehead atoms. The van der Waals surface area contributed by atoms with Gasteiger partial charge in [-0.2, -0.15) is 5.26 Å². The van der Waals surface area contributed by atoms with Crippen LogP contribution in [0, 0.1) is 11.3 Å². The van der Waals surface area contributed by atoms with Crippen molar-refractivity contribution in [2.24, 2.45) is 0 Å². The number of aromatic nitrogens is 5. The topological polar surface area (TPSA) is 121 Å². The standard InChI is InChI=1S/C20H19N7O2S/c1-2-16-18(26-12-22-10-17(26)30-16)19(28)15-11-27(25-24-15)14-6-4-13(5-7-14)20(29)23-9-3-8-21/h4-7,10-12,19,28H,2-3,9H2,1H3,(H,23,29). The van der Waals surface area contributed by atoms with Crippen LogP contribution in [0.4, 0.5) is 0 Å². The molecule has 4 rings (SSSR count). The van der Waals surface area contributed by atoms with Crippen molar-refractivity contribution in [3.63, 3.8) is 0 Å². The van der Waals surface area contributed by atoms with Gasteiger partial charge >= 0.3 is 0 Å². The Bertz CT molecular complexity index is 1220. The lowest BCUT2D eigenvalue weighted by Gasteiger charge is -2.09. The van der Waals surface area contributed by atoms with E-state index >= 15 is 0 Å². The number of carbonyl (C=O) groups is 1. The molecule has 4 aromatic rings. The summed E-state index contributed by atoms with van der Waals surface area (Å²) < 4.78 is 3.44. The first-order chi connectivity index (χ1) is 14.6. The molecule has 1 atom stereocenters. The van der Waals surface area contributed by atoms with Crippen LogP contribution in [-0.4, -0.2) is 41.9 Å². The predicted molar refractivity (Wildman–Crippen MR) is 110 cm³/mol. The molecule has 0 saturated carbocycles. The highest BCUT2D eigenvalue weighted by molar-refractivity contribution is 7.17. The summed E-state index contributed by atoms with van der Waals surface area (Å²) in [4.78, 5) is 18.2. The smallest absolute Gasteiger partial charge is 0.251 e. The Morgan fingerprint density at radius 3 is 2.90 bits per heavy atom. The van der Waals surface area contributed by atoms with E-state index in [4.69, 9.17) is 5.26 Å². The largest absolute Gasteiger partial charge is 0.380 e. The van der Waals surface area contributed by atoms with Crippen LogP contribution >= 0.6 is 11.3 Å². The number of nitrogens with zero attached hydrogens (tertiary/aromatic N) is 6. The fraction of sp³-hybridized carbons (Fsp3) is 0.250. The minimum absolute atomic E-state index is 0.236. The fourth-order valence-electron chi connectivity index (χ4n) is 3.16. The van der Waals surface area contributed by atoms with Gasteiger partial charge in [0.1, 0.15) is 23.0 Å². The molecule has 0 fully saturated rings. The number of fused-ring (bicyclic) bond motifs is 1. The third-order valence-corrected chi connectivity index (χ3v) is 5.92. The van der Waals surface area contributed by atoms with Crippen LogP contribution in [0.2, 0.25) is 0 Å². The van der Waals surface area contributed by atoms with Crippen LogP contribution in [0.3, 0.4) is 0 Å². The zero-order valence-corrected chi connectivity index (χ0v) is 17.0. The van der Waals surface area contributed by atoms with Crippen molar-refractivity contribution in [3.05, 3.63) is 64.8 Å². The van der Waals surface area contributed by atoms with Gasteiger partial charge in [0.25, 0.3) is 5.91 Å². The lowest BCUT2D eigenvalue weighted by Crippen LogP contribution is -2.24. The average Bonchev–Trinajstić information content (AvgIpc) is 3.49. The highest BCUT2D eigenvalue weighted by Crippen LogP contribution is 2.31. The SMILES string of the molecule is CCc1sc2cncn2c1C(O)c1cn(-c2ccc(C(=O)NCCC#N)cc2)nn1. The molecule has 152 valence electrons.